The summed E-state index contributed by atoms with van der Waals surface area (Å²) in [6.07, 6.45) is 9.76. The molecule has 0 bridgehead atoms. The van der Waals surface area contributed by atoms with Crippen LogP contribution in [0, 0.1) is 5.92 Å². The number of pyridine rings is 1. The predicted molar refractivity (Wildman–Crippen MR) is 91.0 cm³/mol. The average Bonchev–Trinajstić information content (AvgIpc) is 2.52. The van der Waals surface area contributed by atoms with Crippen molar-refractivity contribution in [1.29, 1.82) is 0 Å². The molecule has 21 heavy (non-hydrogen) atoms. The lowest BCUT2D eigenvalue weighted by Gasteiger charge is -2.30. The second-order valence-electron chi connectivity index (χ2n) is 6.15. The fourth-order valence-electron chi connectivity index (χ4n) is 3.49. The Balaban J connectivity index is 1.73. The molecule has 0 saturated heterocycles. The smallest absolute Gasteiger partial charge is 0.0908 e. The van der Waals surface area contributed by atoms with Gasteiger partial charge in [0.1, 0.15) is 0 Å². The Labute approximate surface area is 131 Å². The Morgan fingerprint density at radius 2 is 2.00 bits per heavy atom. The number of hydrogen-bond acceptors (Lipinski definition) is 2. The second-order valence-corrected chi connectivity index (χ2v) is 6.55. The number of anilines is 1. The van der Waals surface area contributed by atoms with Crippen LogP contribution in [-0.4, -0.2) is 11.0 Å². The quantitative estimate of drug-likeness (QED) is 0.788. The van der Waals surface area contributed by atoms with Crippen molar-refractivity contribution in [2.24, 2.45) is 5.92 Å². The van der Waals surface area contributed by atoms with Crippen molar-refractivity contribution in [3.05, 3.63) is 35.5 Å². The first-order valence-corrected chi connectivity index (χ1v) is 8.45. The molecule has 2 aromatic rings. The summed E-state index contributed by atoms with van der Waals surface area (Å²) in [5.74, 6) is 0.941. The Bertz CT molecular complexity index is 603. The first-order chi connectivity index (χ1) is 10.3. The molecule has 1 fully saturated rings. The molecule has 0 atom stereocenters. The van der Waals surface area contributed by atoms with Crippen LogP contribution in [0.1, 0.15) is 45.4 Å². The lowest BCUT2D eigenvalue weighted by Crippen LogP contribution is -2.26. The second kappa shape index (κ2) is 6.65. The van der Waals surface area contributed by atoms with Gasteiger partial charge in [0.15, 0.2) is 0 Å². The van der Waals surface area contributed by atoms with Crippen molar-refractivity contribution >= 4 is 28.2 Å². The van der Waals surface area contributed by atoms with E-state index in [1.54, 1.807) is 6.20 Å². The van der Waals surface area contributed by atoms with Gasteiger partial charge in [-0.05, 0) is 55.9 Å². The van der Waals surface area contributed by atoms with Crippen LogP contribution in [0.4, 0.5) is 5.69 Å². The van der Waals surface area contributed by atoms with Crippen LogP contribution in [0.25, 0.3) is 10.9 Å². The zero-order chi connectivity index (χ0) is 14.7. The maximum absolute atomic E-state index is 6.24. The number of aromatic nitrogens is 1. The molecule has 112 valence electrons. The van der Waals surface area contributed by atoms with Crippen LogP contribution in [-0.2, 0) is 0 Å². The van der Waals surface area contributed by atoms with E-state index in [0.29, 0.717) is 6.04 Å². The normalized spacial score (nSPS) is 22.4. The van der Waals surface area contributed by atoms with Crippen molar-refractivity contribution in [2.45, 2.75) is 51.5 Å². The number of fused-ring (bicyclic) bond motifs is 1. The molecule has 1 heterocycles. The summed E-state index contributed by atoms with van der Waals surface area (Å²) in [5, 5.41) is 5.57. The van der Waals surface area contributed by atoms with Crippen LogP contribution >= 0.6 is 11.6 Å². The number of hydrogen-bond donors (Lipinski definition) is 1. The number of nitrogens with one attached hydrogen (secondary N) is 1. The van der Waals surface area contributed by atoms with Crippen LogP contribution in [0.5, 0.6) is 0 Å². The largest absolute Gasteiger partial charge is 0.382 e. The molecule has 3 rings (SSSR count). The van der Waals surface area contributed by atoms with Crippen molar-refractivity contribution in [3.8, 4) is 0 Å². The van der Waals surface area contributed by atoms with Crippen LogP contribution < -0.4 is 5.32 Å². The molecule has 1 N–H and O–H groups in total. The molecule has 1 aliphatic carbocycles. The Hall–Kier alpha value is -1.28. The van der Waals surface area contributed by atoms with Gasteiger partial charge < -0.3 is 5.32 Å². The number of halogens is 1. The Morgan fingerprint density at radius 3 is 2.76 bits per heavy atom. The maximum atomic E-state index is 6.24. The van der Waals surface area contributed by atoms with E-state index in [-0.39, 0.29) is 0 Å². The van der Waals surface area contributed by atoms with E-state index >= 15 is 0 Å². The van der Waals surface area contributed by atoms with Crippen molar-refractivity contribution < 1.29 is 0 Å². The fraction of sp³-hybridized carbons (Fsp3) is 0.500. The fourth-order valence-corrected chi connectivity index (χ4v) is 3.70. The molecule has 1 aromatic carbocycles. The van der Waals surface area contributed by atoms with Gasteiger partial charge in [-0.15, -0.1) is 0 Å². The highest BCUT2D eigenvalue weighted by molar-refractivity contribution is 6.35. The first-order valence-electron chi connectivity index (χ1n) is 8.07. The minimum Gasteiger partial charge on any atom is -0.382 e. The molecular formula is C18H23ClN2. The molecule has 1 saturated carbocycles. The molecule has 0 aliphatic heterocycles. The van der Waals surface area contributed by atoms with Crippen molar-refractivity contribution in [2.75, 3.05) is 5.32 Å². The summed E-state index contributed by atoms with van der Waals surface area (Å²) in [5.41, 5.74) is 2.06. The third-order valence-electron chi connectivity index (χ3n) is 4.62. The third-order valence-corrected chi connectivity index (χ3v) is 4.93. The minimum atomic E-state index is 0.586. The molecule has 2 nitrogen and oxygen atoms in total. The lowest BCUT2D eigenvalue weighted by molar-refractivity contribution is 0.319. The summed E-state index contributed by atoms with van der Waals surface area (Å²) in [6, 6.07) is 8.69. The zero-order valence-corrected chi connectivity index (χ0v) is 13.4. The lowest BCUT2D eigenvalue weighted by atomic mass is 9.83. The summed E-state index contributed by atoms with van der Waals surface area (Å²) >= 11 is 6.24. The van der Waals surface area contributed by atoms with Gasteiger partial charge in [-0.25, -0.2) is 0 Å². The van der Waals surface area contributed by atoms with Gasteiger partial charge in [-0.1, -0.05) is 31.4 Å². The van der Waals surface area contributed by atoms with E-state index in [1.165, 1.54) is 44.2 Å². The predicted octanol–water partition coefficient (Wildman–Crippen LogP) is 5.66. The van der Waals surface area contributed by atoms with E-state index in [4.69, 9.17) is 11.6 Å². The van der Waals surface area contributed by atoms with E-state index < -0.39 is 0 Å². The average molecular weight is 303 g/mol. The van der Waals surface area contributed by atoms with E-state index in [9.17, 15) is 0 Å². The van der Waals surface area contributed by atoms with Gasteiger partial charge in [0, 0.05) is 23.3 Å². The molecule has 3 heteroatoms. The molecular weight excluding hydrogens is 280 g/mol. The van der Waals surface area contributed by atoms with Crippen molar-refractivity contribution in [3.63, 3.8) is 0 Å². The third kappa shape index (κ3) is 3.32. The van der Waals surface area contributed by atoms with Gasteiger partial charge in [0.2, 0.25) is 0 Å². The highest BCUT2D eigenvalue weighted by Crippen LogP contribution is 2.32. The van der Waals surface area contributed by atoms with Crippen LogP contribution in [0.15, 0.2) is 30.5 Å². The maximum Gasteiger partial charge on any atom is 0.0908 e. The Kier molecular flexibility index (Phi) is 4.64. The summed E-state index contributed by atoms with van der Waals surface area (Å²) < 4.78 is 0. The van der Waals surface area contributed by atoms with Gasteiger partial charge >= 0.3 is 0 Å². The van der Waals surface area contributed by atoms with Crippen molar-refractivity contribution in [1.82, 2.24) is 4.98 Å². The molecule has 0 radical (unpaired) electrons. The zero-order valence-electron chi connectivity index (χ0n) is 12.6. The molecule has 0 unspecified atom stereocenters. The number of benzene rings is 1. The van der Waals surface area contributed by atoms with Crippen LogP contribution in [0.2, 0.25) is 5.02 Å². The number of rotatable bonds is 4. The number of nitrogens with zero attached hydrogens (tertiary/aromatic N) is 1. The van der Waals surface area contributed by atoms with E-state index in [0.717, 1.165) is 21.8 Å². The Morgan fingerprint density at radius 1 is 1.19 bits per heavy atom. The monoisotopic (exact) mass is 302 g/mol. The minimum absolute atomic E-state index is 0.586. The molecule has 1 aromatic heterocycles. The highest BCUT2D eigenvalue weighted by Gasteiger charge is 2.21. The van der Waals surface area contributed by atoms with E-state index in [1.807, 2.05) is 12.1 Å². The van der Waals surface area contributed by atoms with Crippen LogP contribution in [0.3, 0.4) is 0 Å². The SMILES string of the molecule is CCCC1CCC(Nc2ccc(Cl)c3ncccc23)CC1. The molecule has 0 amide bonds. The summed E-state index contributed by atoms with van der Waals surface area (Å²) in [4.78, 5) is 4.40. The molecule has 1 aliphatic rings. The highest BCUT2D eigenvalue weighted by atomic mass is 35.5. The van der Waals surface area contributed by atoms with Gasteiger partial charge in [-0.3, -0.25) is 4.98 Å². The van der Waals surface area contributed by atoms with Gasteiger partial charge in [0.25, 0.3) is 0 Å². The topological polar surface area (TPSA) is 24.9 Å². The summed E-state index contributed by atoms with van der Waals surface area (Å²) in [7, 11) is 0. The van der Waals surface area contributed by atoms with Gasteiger partial charge in [0.05, 0.1) is 10.5 Å². The summed E-state index contributed by atoms with van der Waals surface area (Å²) in [6.45, 7) is 2.29. The molecule has 0 spiro atoms. The first kappa shape index (κ1) is 14.6. The standard InChI is InChI=1S/C18H23ClN2/c1-2-4-13-6-8-14(9-7-13)21-17-11-10-16(19)18-15(17)5-3-12-20-18/h3,5,10-14,21H,2,4,6-9H2,1H3. The van der Waals surface area contributed by atoms with E-state index in [2.05, 4.69) is 29.4 Å². The van der Waals surface area contributed by atoms with Gasteiger partial charge in [-0.2, -0.15) is 0 Å².